The molecule has 0 unspecified atom stereocenters. The van der Waals surface area contributed by atoms with Crippen LogP contribution >= 0.6 is 0 Å². The first kappa shape index (κ1) is 18.0. The quantitative estimate of drug-likeness (QED) is 0.575. The fourth-order valence-electron chi connectivity index (χ4n) is 2.91. The number of benzene rings is 1. The number of nitrogens with one attached hydrogen (secondary N) is 1. The molecule has 0 aliphatic rings. The van der Waals surface area contributed by atoms with Crippen LogP contribution in [0.2, 0.25) is 0 Å². The number of aryl methyl sites for hydroxylation is 2. The molecule has 3 aromatic heterocycles. The lowest BCUT2D eigenvalue weighted by molar-refractivity contribution is -0.141. The molecule has 4 aromatic rings. The van der Waals surface area contributed by atoms with Crippen LogP contribution < -0.4 is 5.32 Å². The van der Waals surface area contributed by atoms with Gasteiger partial charge in [-0.3, -0.25) is 0 Å². The summed E-state index contributed by atoms with van der Waals surface area (Å²) in [5, 5.41) is 11.3. The van der Waals surface area contributed by atoms with Gasteiger partial charge in [-0.2, -0.15) is 32.9 Å². The first-order valence-corrected chi connectivity index (χ1v) is 8.41. The Labute approximate surface area is 157 Å². The zero-order valence-corrected chi connectivity index (χ0v) is 15.3. The summed E-state index contributed by atoms with van der Waals surface area (Å²) >= 11 is 0. The van der Waals surface area contributed by atoms with Crippen LogP contribution in [0.1, 0.15) is 22.5 Å². The van der Waals surface area contributed by atoms with Crippen molar-refractivity contribution in [3.8, 4) is 5.69 Å². The van der Waals surface area contributed by atoms with Crippen LogP contribution in [0, 0.1) is 20.8 Å². The largest absolute Gasteiger partial charge is 0.433 e. The van der Waals surface area contributed by atoms with Crippen LogP contribution in [-0.4, -0.2) is 29.4 Å². The maximum absolute atomic E-state index is 13.2. The number of fused-ring (bicyclic) bond motifs is 1. The Kier molecular flexibility index (Phi) is 4.06. The van der Waals surface area contributed by atoms with Gasteiger partial charge >= 0.3 is 6.18 Å². The van der Waals surface area contributed by atoms with Gasteiger partial charge in [0.15, 0.2) is 5.69 Å². The molecule has 28 heavy (non-hydrogen) atoms. The summed E-state index contributed by atoms with van der Waals surface area (Å²) in [5.41, 5.74) is 3.27. The van der Waals surface area contributed by atoms with Crippen molar-refractivity contribution < 1.29 is 13.2 Å². The predicted molar refractivity (Wildman–Crippen MR) is 96.8 cm³/mol. The molecule has 7 nitrogen and oxygen atoms in total. The standard InChI is InChI=1S/C18H16F3N7/c1-10-4-5-11(2)14(6-10)27-12(3)13(8-23-27)25-16-7-15(18(19,20)21)26-17-22-9-24-28(16)17/h4-9,25H,1-3H3. The maximum Gasteiger partial charge on any atom is 0.433 e. The second-order valence-electron chi connectivity index (χ2n) is 6.47. The molecule has 0 saturated heterocycles. The first-order chi connectivity index (χ1) is 13.2. The van der Waals surface area contributed by atoms with Gasteiger partial charge in [0.05, 0.1) is 23.3 Å². The third kappa shape index (κ3) is 3.06. The van der Waals surface area contributed by atoms with Gasteiger partial charge in [0.25, 0.3) is 5.78 Å². The van der Waals surface area contributed by atoms with Gasteiger partial charge < -0.3 is 5.32 Å². The molecule has 144 valence electrons. The van der Waals surface area contributed by atoms with E-state index in [2.05, 4.69) is 25.5 Å². The maximum atomic E-state index is 13.2. The van der Waals surface area contributed by atoms with Crippen molar-refractivity contribution in [2.75, 3.05) is 5.32 Å². The van der Waals surface area contributed by atoms with Crippen LogP contribution in [-0.2, 0) is 6.18 Å². The van der Waals surface area contributed by atoms with E-state index in [-0.39, 0.29) is 11.6 Å². The summed E-state index contributed by atoms with van der Waals surface area (Å²) in [5.74, 6) is -0.0460. The predicted octanol–water partition coefficient (Wildman–Crippen LogP) is 4.00. The summed E-state index contributed by atoms with van der Waals surface area (Å²) in [6.45, 7) is 5.79. The number of nitrogens with zero attached hydrogens (tertiary/aromatic N) is 6. The number of rotatable bonds is 3. The minimum absolute atomic E-state index is 0.0958. The van der Waals surface area contributed by atoms with Crippen molar-refractivity contribution >= 4 is 17.3 Å². The Hall–Kier alpha value is -3.43. The van der Waals surface area contributed by atoms with Crippen LogP contribution in [0.25, 0.3) is 11.5 Å². The number of hydrogen-bond acceptors (Lipinski definition) is 5. The van der Waals surface area contributed by atoms with Gasteiger partial charge in [-0.15, -0.1) is 0 Å². The van der Waals surface area contributed by atoms with Crippen molar-refractivity contribution in [2.45, 2.75) is 26.9 Å². The van der Waals surface area contributed by atoms with Crippen molar-refractivity contribution in [1.82, 2.24) is 29.4 Å². The summed E-state index contributed by atoms with van der Waals surface area (Å²) in [7, 11) is 0. The fourth-order valence-corrected chi connectivity index (χ4v) is 2.91. The van der Waals surface area contributed by atoms with Crippen LogP contribution in [0.4, 0.5) is 24.7 Å². The Balaban J connectivity index is 1.78. The highest BCUT2D eigenvalue weighted by atomic mass is 19.4. The van der Waals surface area contributed by atoms with Crippen molar-refractivity contribution in [1.29, 1.82) is 0 Å². The monoisotopic (exact) mass is 387 g/mol. The second-order valence-corrected chi connectivity index (χ2v) is 6.47. The Bertz CT molecular complexity index is 1170. The third-order valence-electron chi connectivity index (χ3n) is 4.41. The van der Waals surface area contributed by atoms with Crippen molar-refractivity contribution in [2.24, 2.45) is 0 Å². The topological polar surface area (TPSA) is 72.9 Å². The van der Waals surface area contributed by atoms with Gasteiger partial charge in [0.2, 0.25) is 0 Å². The van der Waals surface area contributed by atoms with E-state index < -0.39 is 11.9 Å². The summed E-state index contributed by atoms with van der Waals surface area (Å²) in [6.07, 6.45) is -1.88. The molecule has 4 rings (SSSR count). The molecule has 0 amide bonds. The number of anilines is 2. The van der Waals surface area contributed by atoms with E-state index in [4.69, 9.17) is 0 Å². The highest BCUT2D eigenvalue weighted by Gasteiger charge is 2.34. The van der Waals surface area contributed by atoms with E-state index in [9.17, 15) is 13.2 Å². The van der Waals surface area contributed by atoms with Gasteiger partial charge in [-0.25, -0.2) is 9.67 Å². The molecular weight excluding hydrogens is 371 g/mol. The van der Waals surface area contributed by atoms with Crippen molar-refractivity contribution in [3.05, 3.63) is 59.3 Å². The zero-order valence-electron chi connectivity index (χ0n) is 15.3. The lowest BCUT2D eigenvalue weighted by Gasteiger charge is -2.12. The highest BCUT2D eigenvalue weighted by Crippen LogP contribution is 2.31. The van der Waals surface area contributed by atoms with Crippen LogP contribution in [0.5, 0.6) is 0 Å². The first-order valence-electron chi connectivity index (χ1n) is 8.41. The Morgan fingerprint density at radius 2 is 1.82 bits per heavy atom. The summed E-state index contributed by atoms with van der Waals surface area (Å²) in [6, 6.07) is 6.91. The third-order valence-corrected chi connectivity index (χ3v) is 4.41. The Morgan fingerprint density at radius 1 is 1.04 bits per heavy atom. The minimum atomic E-state index is -4.60. The van der Waals surface area contributed by atoms with Gasteiger partial charge in [-0.1, -0.05) is 12.1 Å². The summed E-state index contributed by atoms with van der Waals surface area (Å²) in [4.78, 5) is 7.28. The number of halogens is 3. The molecule has 0 aliphatic carbocycles. The molecule has 0 fully saturated rings. The van der Waals surface area contributed by atoms with Crippen LogP contribution in [0.3, 0.4) is 0 Å². The lowest BCUT2D eigenvalue weighted by Crippen LogP contribution is -2.12. The SMILES string of the molecule is Cc1ccc(C)c(-n2ncc(Nc3cc(C(F)(F)F)nc4ncnn34)c2C)c1. The summed E-state index contributed by atoms with van der Waals surface area (Å²) < 4.78 is 42.4. The molecule has 0 aliphatic heterocycles. The normalized spacial score (nSPS) is 11.9. The van der Waals surface area contributed by atoms with E-state index in [1.807, 2.05) is 39.0 Å². The fraction of sp³-hybridized carbons (Fsp3) is 0.222. The van der Waals surface area contributed by atoms with Gasteiger partial charge in [0.1, 0.15) is 12.1 Å². The van der Waals surface area contributed by atoms with Crippen molar-refractivity contribution in [3.63, 3.8) is 0 Å². The average molecular weight is 387 g/mol. The molecule has 10 heteroatoms. The van der Waals surface area contributed by atoms with E-state index >= 15 is 0 Å². The van der Waals surface area contributed by atoms with Gasteiger partial charge in [-0.05, 0) is 38.0 Å². The molecule has 0 saturated carbocycles. The molecule has 0 bridgehead atoms. The van der Waals surface area contributed by atoms with E-state index in [0.717, 1.165) is 34.9 Å². The van der Waals surface area contributed by atoms with E-state index in [0.29, 0.717) is 5.69 Å². The zero-order chi connectivity index (χ0) is 20.1. The molecule has 3 heterocycles. The molecule has 0 radical (unpaired) electrons. The molecule has 1 N–H and O–H groups in total. The Morgan fingerprint density at radius 3 is 2.57 bits per heavy atom. The molecule has 1 aromatic carbocycles. The van der Waals surface area contributed by atoms with Crippen LogP contribution in [0.15, 0.2) is 36.8 Å². The van der Waals surface area contributed by atoms with E-state index in [1.54, 1.807) is 10.9 Å². The lowest BCUT2D eigenvalue weighted by atomic mass is 10.1. The number of alkyl halides is 3. The van der Waals surface area contributed by atoms with E-state index in [1.165, 1.54) is 4.52 Å². The average Bonchev–Trinajstić information content (AvgIpc) is 3.24. The molecular formula is C18H16F3N7. The second kappa shape index (κ2) is 6.32. The number of aromatic nitrogens is 6. The minimum Gasteiger partial charge on any atom is -0.337 e. The highest BCUT2D eigenvalue weighted by molar-refractivity contribution is 5.62. The smallest absolute Gasteiger partial charge is 0.337 e. The molecule has 0 atom stereocenters. The van der Waals surface area contributed by atoms with Gasteiger partial charge in [0, 0.05) is 6.07 Å². The number of hydrogen-bond donors (Lipinski definition) is 1. The molecule has 0 spiro atoms.